The average Bonchev–Trinajstić information content (AvgIpc) is 3.02. The Hall–Kier alpha value is -1.48. The first-order valence-electron chi connectivity index (χ1n) is 16.8. The van der Waals surface area contributed by atoms with Crippen LogP contribution < -0.4 is 4.90 Å². The normalized spacial score (nSPS) is 22.2. The maximum atomic E-state index is 4.61. The molecule has 2 saturated heterocycles. The van der Waals surface area contributed by atoms with Gasteiger partial charge in [0.25, 0.3) is 0 Å². The molecule has 5 rings (SSSR count). The van der Waals surface area contributed by atoms with Gasteiger partial charge in [0.05, 0.1) is 0 Å². The minimum Gasteiger partial charge on any atom is -0.378 e. The molecule has 0 bridgehead atoms. The Balaban J connectivity index is 1.21. The summed E-state index contributed by atoms with van der Waals surface area (Å²) >= 11 is 3.91. The number of hydrogen-bond donors (Lipinski definition) is 0. The van der Waals surface area contributed by atoms with Gasteiger partial charge in [-0.25, -0.2) is 12.9 Å². The highest BCUT2D eigenvalue weighted by Crippen LogP contribution is 2.33. The van der Waals surface area contributed by atoms with Gasteiger partial charge in [-0.05, 0) is 111 Å². The van der Waals surface area contributed by atoms with Crippen LogP contribution in [0.5, 0.6) is 0 Å². The van der Waals surface area contributed by atoms with Crippen molar-refractivity contribution >= 4 is 29.8 Å². The lowest BCUT2D eigenvalue weighted by atomic mass is 9.89. The first-order valence-corrected chi connectivity index (χ1v) is 18.3. The molecule has 2 heterocycles. The van der Waals surface area contributed by atoms with E-state index in [1.165, 1.54) is 99.1 Å². The largest absolute Gasteiger partial charge is 0.378 e. The molecule has 236 valence electrons. The molecule has 0 N–H and O–H groups in total. The van der Waals surface area contributed by atoms with Crippen molar-refractivity contribution in [2.24, 2.45) is 5.92 Å². The SMILES string of the molecule is C=C1CN(Sc2ccc(N(C)C)cc2)CCCN(CC2CCCCC2)CCCN(SN2CCC(c3ccccc3)CC2)C1. The Bertz CT molecular complexity index is 1080. The molecule has 2 aliphatic heterocycles. The molecule has 0 amide bonds. The predicted molar refractivity (Wildman–Crippen MR) is 189 cm³/mol. The van der Waals surface area contributed by atoms with Crippen LogP contribution in [0.2, 0.25) is 0 Å². The van der Waals surface area contributed by atoms with E-state index in [0.29, 0.717) is 5.92 Å². The summed E-state index contributed by atoms with van der Waals surface area (Å²) in [5.74, 6) is 1.60. The third kappa shape index (κ3) is 10.8. The first-order chi connectivity index (χ1) is 21.0. The fraction of sp³-hybridized carbons (Fsp3) is 0.611. The molecule has 0 atom stereocenters. The van der Waals surface area contributed by atoms with Crippen molar-refractivity contribution in [3.63, 3.8) is 0 Å². The molecule has 5 nitrogen and oxygen atoms in total. The minimum atomic E-state index is 0.699. The molecule has 0 aromatic heterocycles. The lowest BCUT2D eigenvalue weighted by molar-refractivity contribution is 0.189. The second-order valence-electron chi connectivity index (χ2n) is 13.2. The standard InChI is InChI=1S/C36H55N5S2/c1-31-28-40(42-36-18-16-35(17-19-36)37(2)3)24-10-22-38(30-32-12-6-4-7-13-32)23-11-25-41(29-31)43-39-26-20-34(21-27-39)33-14-8-5-9-15-33/h5,8-9,14-19,32,34H,1,4,6-7,10-13,20-30H2,2-3H3. The first kappa shape index (κ1) is 32.9. The Kier molecular flexibility index (Phi) is 13.2. The Morgan fingerprint density at radius 1 is 0.698 bits per heavy atom. The molecule has 3 aliphatic rings. The number of benzene rings is 2. The van der Waals surface area contributed by atoms with Crippen LogP contribution in [0.1, 0.15) is 69.3 Å². The van der Waals surface area contributed by atoms with Gasteiger partial charge >= 0.3 is 0 Å². The highest BCUT2D eigenvalue weighted by molar-refractivity contribution is 7.97. The van der Waals surface area contributed by atoms with Crippen LogP contribution in [0, 0.1) is 5.92 Å². The number of nitrogens with zero attached hydrogens (tertiary/aromatic N) is 5. The third-order valence-corrected chi connectivity index (χ3v) is 11.5. The summed E-state index contributed by atoms with van der Waals surface area (Å²) in [6.45, 7) is 14.8. The maximum absolute atomic E-state index is 4.61. The zero-order valence-corrected chi connectivity index (χ0v) is 28.5. The van der Waals surface area contributed by atoms with Crippen molar-refractivity contribution in [3.05, 3.63) is 72.3 Å². The zero-order chi connectivity index (χ0) is 29.9. The molecule has 0 spiro atoms. The van der Waals surface area contributed by atoms with Crippen molar-refractivity contribution in [1.29, 1.82) is 0 Å². The second-order valence-corrected chi connectivity index (χ2v) is 15.5. The molecule has 1 aliphatic carbocycles. The highest BCUT2D eigenvalue weighted by Gasteiger charge is 2.24. The monoisotopic (exact) mass is 621 g/mol. The lowest BCUT2D eigenvalue weighted by Gasteiger charge is -2.36. The topological polar surface area (TPSA) is 16.2 Å². The zero-order valence-electron chi connectivity index (χ0n) is 26.8. The molecular weight excluding hydrogens is 567 g/mol. The van der Waals surface area contributed by atoms with E-state index in [9.17, 15) is 0 Å². The van der Waals surface area contributed by atoms with E-state index in [1.807, 2.05) is 24.1 Å². The molecule has 3 fully saturated rings. The van der Waals surface area contributed by atoms with Crippen molar-refractivity contribution in [2.75, 3.05) is 77.9 Å². The van der Waals surface area contributed by atoms with E-state index in [0.717, 1.165) is 45.2 Å². The maximum Gasteiger partial charge on any atom is 0.0361 e. The van der Waals surface area contributed by atoms with Gasteiger partial charge in [0.1, 0.15) is 0 Å². The van der Waals surface area contributed by atoms with Crippen LogP contribution in [-0.2, 0) is 0 Å². The number of anilines is 1. The molecular formula is C36H55N5S2. The van der Waals surface area contributed by atoms with Gasteiger partial charge in [-0.1, -0.05) is 56.2 Å². The summed E-state index contributed by atoms with van der Waals surface area (Å²) in [5, 5.41) is 0. The van der Waals surface area contributed by atoms with Crippen LogP contribution in [0.15, 0.2) is 71.6 Å². The fourth-order valence-electron chi connectivity index (χ4n) is 6.94. The molecule has 7 heteroatoms. The van der Waals surface area contributed by atoms with E-state index in [2.05, 4.69) is 98.0 Å². The number of hydrogen-bond acceptors (Lipinski definition) is 7. The quantitative estimate of drug-likeness (QED) is 0.216. The fourth-order valence-corrected chi connectivity index (χ4v) is 9.11. The summed E-state index contributed by atoms with van der Waals surface area (Å²) < 4.78 is 7.82. The van der Waals surface area contributed by atoms with Crippen LogP contribution in [0.4, 0.5) is 5.69 Å². The van der Waals surface area contributed by atoms with Gasteiger partial charge < -0.3 is 9.80 Å². The molecule has 0 unspecified atom stereocenters. The van der Waals surface area contributed by atoms with Crippen LogP contribution in [0.25, 0.3) is 0 Å². The van der Waals surface area contributed by atoms with E-state index in [1.54, 1.807) is 0 Å². The smallest absolute Gasteiger partial charge is 0.0361 e. The van der Waals surface area contributed by atoms with Crippen LogP contribution in [-0.4, -0.2) is 90.8 Å². The summed E-state index contributed by atoms with van der Waals surface area (Å²) in [6.07, 6.45) is 12.1. The van der Waals surface area contributed by atoms with Gasteiger partial charge in [-0.15, -0.1) is 0 Å². The number of piperidine rings is 1. The predicted octanol–water partition coefficient (Wildman–Crippen LogP) is 8.04. The van der Waals surface area contributed by atoms with Crippen molar-refractivity contribution in [1.82, 2.24) is 17.8 Å². The summed E-state index contributed by atoms with van der Waals surface area (Å²) in [6, 6.07) is 20.2. The Labute approximate surface area is 271 Å². The van der Waals surface area contributed by atoms with Gasteiger partial charge in [0.2, 0.25) is 0 Å². The number of rotatable bonds is 8. The third-order valence-electron chi connectivity index (χ3n) is 9.35. The average molecular weight is 622 g/mol. The van der Waals surface area contributed by atoms with Crippen LogP contribution in [0.3, 0.4) is 0 Å². The molecule has 0 radical (unpaired) electrons. The molecule has 2 aromatic carbocycles. The Morgan fingerprint density at radius 2 is 1.35 bits per heavy atom. The lowest BCUT2D eigenvalue weighted by Crippen LogP contribution is -2.38. The van der Waals surface area contributed by atoms with E-state index >= 15 is 0 Å². The minimum absolute atomic E-state index is 0.699. The van der Waals surface area contributed by atoms with Crippen molar-refractivity contribution < 1.29 is 0 Å². The van der Waals surface area contributed by atoms with Gasteiger partial charge in [0, 0.05) is 82.6 Å². The van der Waals surface area contributed by atoms with E-state index in [-0.39, 0.29) is 0 Å². The van der Waals surface area contributed by atoms with Crippen LogP contribution >= 0.6 is 24.1 Å². The summed E-state index contributed by atoms with van der Waals surface area (Å²) in [4.78, 5) is 6.30. The summed E-state index contributed by atoms with van der Waals surface area (Å²) in [5.41, 5.74) is 4.09. The van der Waals surface area contributed by atoms with Gasteiger partial charge in [-0.3, -0.25) is 0 Å². The Morgan fingerprint density at radius 3 is 2.02 bits per heavy atom. The van der Waals surface area contributed by atoms with E-state index < -0.39 is 0 Å². The van der Waals surface area contributed by atoms with Gasteiger partial charge in [0.15, 0.2) is 0 Å². The van der Waals surface area contributed by atoms with Crippen molar-refractivity contribution in [2.45, 2.75) is 68.6 Å². The van der Waals surface area contributed by atoms with Crippen molar-refractivity contribution in [3.8, 4) is 0 Å². The molecule has 2 aromatic rings. The highest BCUT2D eigenvalue weighted by atomic mass is 32.2. The van der Waals surface area contributed by atoms with E-state index in [4.69, 9.17) is 0 Å². The molecule has 43 heavy (non-hydrogen) atoms. The summed E-state index contributed by atoms with van der Waals surface area (Å²) in [7, 11) is 4.22. The molecule has 1 saturated carbocycles. The van der Waals surface area contributed by atoms with Gasteiger partial charge in [-0.2, -0.15) is 0 Å². The second kappa shape index (κ2) is 17.3.